The summed E-state index contributed by atoms with van der Waals surface area (Å²) in [4.78, 5) is 0. The number of hydrogen-bond acceptors (Lipinski definition) is 5. The molecule has 2 atom stereocenters. The van der Waals surface area contributed by atoms with Gasteiger partial charge in [-0.1, -0.05) is 0 Å². The van der Waals surface area contributed by atoms with Gasteiger partial charge in [0.2, 0.25) is 0 Å². The fourth-order valence-corrected chi connectivity index (χ4v) is 2.63. The van der Waals surface area contributed by atoms with Gasteiger partial charge in [0.1, 0.15) is 6.10 Å². The third-order valence-corrected chi connectivity index (χ3v) is 3.57. The van der Waals surface area contributed by atoms with E-state index in [9.17, 15) is 0 Å². The van der Waals surface area contributed by atoms with E-state index in [0.717, 1.165) is 10.2 Å². The molecule has 0 amide bonds. The highest BCUT2D eigenvalue weighted by Gasteiger charge is 2.30. The highest BCUT2D eigenvalue weighted by molar-refractivity contribution is 9.10. The quantitative estimate of drug-likeness (QED) is 0.643. The van der Waals surface area contributed by atoms with Crippen molar-refractivity contribution in [3.05, 3.63) is 16.4 Å². The Morgan fingerprint density at radius 3 is 2.89 bits per heavy atom. The first-order chi connectivity index (χ1) is 8.65. The predicted octanol–water partition coefficient (Wildman–Crippen LogP) is 1.15. The molecule has 0 radical (unpaired) electrons. The normalized spacial score (nSPS) is 22.4. The lowest BCUT2D eigenvalue weighted by molar-refractivity contribution is -0.103. The first-order valence-corrected chi connectivity index (χ1v) is 6.82. The second-order valence-corrected chi connectivity index (χ2v) is 5.40. The van der Waals surface area contributed by atoms with Gasteiger partial charge in [0.15, 0.2) is 0 Å². The Bertz CT molecular complexity index is 390. The largest absolute Gasteiger partial charge is 0.376 e. The maximum Gasteiger partial charge on any atom is 0.103 e. The van der Waals surface area contributed by atoms with Crippen molar-refractivity contribution >= 4 is 15.9 Å². The molecule has 2 heterocycles. The van der Waals surface area contributed by atoms with Gasteiger partial charge in [-0.25, -0.2) is 5.43 Å². The molecule has 7 heteroatoms. The number of halogens is 1. The fraction of sp³-hybridized carbons (Fsp3) is 0.727. The minimum Gasteiger partial charge on any atom is -0.376 e. The van der Waals surface area contributed by atoms with E-state index < -0.39 is 0 Å². The van der Waals surface area contributed by atoms with E-state index in [2.05, 4.69) is 40.3 Å². The molecule has 1 aromatic rings. The number of ether oxygens (including phenoxy) is 2. The number of hydrogen-bond donors (Lipinski definition) is 2. The lowest BCUT2D eigenvalue weighted by atomic mass is 10.1. The topological polar surface area (TPSA) is 74.3 Å². The van der Waals surface area contributed by atoms with Gasteiger partial charge in [0.25, 0.3) is 0 Å². The molecule has 1 aromatic heterocycles. The summed E-state index contributed by atoms with van der Waals surface area (Å²) in [5, 5.41) is 4.36. The van der Waals surface area contributed by atoms with E-state index in [-0.39, 0.29) is 18.2 Å². The van der Waals surface area contributed by atoms with Gasteiger partial charge in [-0.2, -0.15) is 5.10 Å². The zero-order valence-electron chi connectivity index (χ0n) is 10.6. The van der Waals surface area contributed by atoms with Crippen molar-refractivity contribution in [1.82, 2.24) is 15.2 Å². The summed E-state index contributed by atoms with van der Waals surface area (Å²) in [6.07, 6.45) is 1.68. The number of nitrogens with two attached hydrogens (primary N) is 1. The standard InChI is InChI=1S/C11H19BrN4O2/c1-7(2)16-11(8(12)5-14-16)10(15-13)9-6-17-3-4-18-9/h5,7,9-10,15H,3-4,6,13H2,1-2H3. The van der Waals surface area contributed by atoms with Crippen molar-refractivity contribution in [1.29, 1.82) is 0 Å². The molecule has 0 spiro atoms. The highest BCUT2D eigenvalue weighted by atomic mass is 79.9. The summed E-state index contributed by atoms with van der Waals surface area (Å²) < 4.78 is 14.0. The number of nitrogens with one attached hydrogen (secondary N) is 1. The molecule has 1 fully saturated rings. The van der Waals surface area contributed by atoms with Crippen LogP contribution in [0.25, 0.3) is 0 Å². The van der Waals surface area contributed by atoms with Crippen LogP contribution in [0.1, 0.15) is 31.6 Å². The molecule has 6 nitrogen and oxygen atoms in total. The summed E-state index contributed by atoms with van der Waals surface area (Å²) in [6, 6.07) is 0.108. The predicted molar refractivity (Wildman–Crippen MR) is 70.9 cm³/mol. The molecule has 3 N–H and O–H groups in total. The highest BCUT2D eigenvalue weighted by Crippen LogP contribution is 2.29. The van der Waals surface area contributed by atoms with Gasteiger partial charge in [-0.05, 0) is 29.8 Å². The molecule has 0 saturated carbocycles. The van der Waals surface area contributed by atoms with Gasteiger partial charge in [-0.15, -0.1) is 0 Å². The van der Waals surface area contributed by atoms with Gasteiger partial charge < -0.3 is 9.47 Å². The van der Waals surface area contributed by atoms with Crippen LogP contribution in [0.3, 0.4) is 0 Å². The Balaban J connectivity index is 2.28. The molecule has 1 aliphatic heterocycles. The van der Waals surface area contributed by atoms with E-state index in [1.807, 2.05) is 4.68 Å². The molecule has 0 bridgehead atoms. The minimum absolute atomic E-state index is 0.103. The minimum atomic E-state index is -0.149. The lowest BCUT2D eigenvalue weighted by Crippen LogP contribution is -2.44. The first-order valence-electron chi connectivity index (χ1n) is 6.03. The summed E-state index contributed by atoms with van der Waals surface area (Å²) in [6.45, 7) is 5.92. The van der Waals surface area contributed by atoms with Crippen LogP contribution in [0.15, 0.2) is 10.7 Å². The van der Waals surface area contributed by atoms with E-state index in [0.29, 0.717) is 19.8 Å². The maximum absolute atomic E-state index is 5.72. The number of hydrazine groups is 1. The molecule has 2 unspecified atom stereocenters. The summed E-state index contributed by atoms with van der Waals surface area (Å²) in [5.41, 5.74) is 3.80. The zero-order chi connectivity index (χ0) is 13.1. The van der Waals surface area contributed by atoms with Crippen LogP contribution in [0, 0.1) is 0 Å². The van der Waals surface area contributed by atoms with E-state index >= 15 is 0 Å². The van der Waals surface area contributed by atoms with E-state index in [1.165, 1.54) is 0 Å². The summed E-state index contributed by atoms with van der Waals surface area (Å²) >= 11 is 3.52. The molecule has 102 valence electrons. The Kier molecular flexibility index (Phi) is 4.74. The van der Waals surface area contributed by atoms with Crippen molar-refractivity contribution in [3.8, 4) is 0 Å². The second-order valence-electron chi connectivity index (χ2n) is 4.54. The van der Waals surface area contributed by atoms with Crippen molar-refractivity contribution in [2.24, 2.45) is 5.84 Å². The van der Waals surface area contributed by atoms with Crippen molar-refractivity contribution in [2.45, 2.75) is 32.0 Å². The van der Waals surface area contributed by atoms with Crippen molar-refractivity contribution in [3.63, 3.8) is 0 Å². The summed E-state index contributed by atoms with van der Waals surface area (Å²) in [7, 11) is 0. The first kappa shape index (κ1) is 14.0. The number of nitrogens with zero attached hydrogens (tertiary/aromatic N) is 2. The van der Waals surface area contributed by atoms with Crippen LogP contribution >= 0.6 is 15.9 Å². The van der Waals surface area contributed by atoms with Crippen molar-refractivity contribution < 1.29 is 9.47 Å². The molecular weight excluding hydrogens is 300 g/mol. The zero-order valence-corrected chi connectivity index (χ0v) is 12.2. The van der Waals surface area contributed by atoms with Crippen LogP contribution in [0.5, 0.6) is 0 Å². The van der Waals surface area contributed by atoms with Gasteiger partial charge in [-0.3, -0.25) is 10.5 Å². The SMILES string of the molecule is CC(C)n1ncc(Br)c1C(NN)C1COCCO1. The lowest BCUT2D eigenvalue weighted by Gasteiger charge is -2.31. The maximum atomic E-state index is 5.72. The Morgan fingerprint density at radius 1 is 1.56 bits per heavy atom. The Morgan fingerprint density at radius 2 is 2.33 bits per heavy atom. The third-order valence-electron chi connectivity index (χ3n) is 2.96. The molecular formula is C11H19BrN4O2. The molecule has 0 aliphatic carbocycles. The number of aromatic nitrogens is 2. The monoisotopic (exact) mass is 318 g/mol. The van der Waals surface area contributed by atoms with Gasteiger partial charge in [0.05, 0.1) is 42.2 Å². The van der Waals surface area contributed by atoms with Crippen molar-refractivity contribution in [2.75, 3.05) is 19.8 Å². The average Bonchev–Trinajstić information content (AvgIpc) is 2.74. The Labute approximate surface area is 115 Å². The molecule has 1 saturated heterocycles. The van der Waals surface area contributed by atoms with Gasteiger partial charge >= 0.3 is 0 Å². The van der Waals surface area contributed by atoms with Crippen LogP contribution in [-0.4, -0.2) is 35.7 Å². The van der Waals surface area contributed by atoms with Crippen LogP contribution < -0.4 is 11.3 Å². The number of rotatable bonds is 4. The molecule has 18 heavy (non-hydrogen) atoms. The fourth-order valence-electron chi connectivity index (χ4n) is 2.11. The molecule has 2 rings (SSSR count). The van der Waals surface area contributed by atoms with Crippen LogP contribution in [-0.2, 0) is 9.47 Å². The van der Waals surface area contributed by atoms with Crippen LogP contribution in [0.4, 0.5) is 0 Å². The Hall–Kier alpha value is -0.470. The van der Waals surface area contributed by atoms with E-state index in [1.54, 1.807) is 6.20 Å². The smallest absolute Gasteiger partial charge is 0.103 e. The second kappa shape index (κ2) is 6.12. The molecule has 0 aromatic carbocycles. The van der Waals surface area contributed by atoms with Crippen LogP contribution in [0.2, 0.25) is 0 Å². The van der Waals surface area contributed by atoms with E-state index in [4.69, 9.17) is 15.3 Å². The summed E-state index contributed by atoms with van der Waals surface area (Å²) in [5.74, 6) is 5.69. The van der Waals surface area contributed by atoms with Gasteiger partial charge in [0, 0.05) is 6.04 Å². The average molecular weight is 319 g/mol. The third kappa shape index (κ3) is 2.75. The molecule has 1 aliphatic rings.